The van der Waals surface area contributed by atoms with Crippen LogP contribution in [0.5, 0.6) is 0 Å². The van der Waals surface area contributed by atoms with Gasteiger partial charge in [0.2, 0.25) is 0 Å². The van der Waals surface area contributed by atoms with Gasteiger partial charge >= 0.3 is 134 Å². The molecule has 0 aliphatic carbocycles. The molecule has 14 heavy (non-hydrogen) atoms. The van der Waals surface area contributed by atoms with Crippen LogP contribution in [0.3, 0.4) is 0 Å². The van der Waals surface area contributed by atoms with Gasteiger partial charge in [-0.25, -0.2) is 9.13 Å². The molecule has 0 radical (unpaired) electrons. The maximum absolute atomic E-state index is 9.63. The molecule has 0 saturated carbocycles. The van der Waals surface area contributed by atoms with Gasteiger partial charge in [0.25, 0.3) is 0 Å². The van der Waals surface area contributed by atoms with Crippen molar-refractivity contribution in [3.8, 4) is 0 Å². The van der Waals surface area contributed by atoms with Crippen LogP contribution in [0.25, 0.3) is 0 Å². The van der Waals surface area contributed by atoms with Crippen LogP contribution in [-0.4, -0.2) is 138 Å². The predicted octanol–water partition coefficient (Wildman–Crippen LogP) is -3.41. The molecule has 0 aromatic carbocycles. The van der Waals surface area contributed by atoms with E-state index >= 15 is 0 Å². The zero-order valence-electron chi connectivity index (χ0n) is 4.26. The third-order valence-electron chi connectivity index (χ3n) is 0.213. The van der Waals surface area contributed by atoms with Crippen molar-refractivity contribution in [2.75, 3.05) is 0 Å². The first-order valence-corrected chi connectivity index (χ1v) is 4.59. The molecule has 0 aromatic heterocycles. The first kappa shape index (κ1) is 36.3. The predicted molar refractivity (Wildman–Crippen MR) is 53.8 cm³/mol. The van der Waals surface area contributed by atoms with E-state index in [4.69, 9.17) is 19.6 Å². The number of hydrogen-bond donors (Lipinski definition) is 4. The molecule has 72 valence electrons. The van der Waals surface area contributed by atoms with E-state index in [1.165, 1.54) is 0 Å². The molecule has 0 fully saturated rings. The van der Waals surface area contributed by atoms with Crippen LogP contribution in [0.15, 0.2) is 0 Å². The van der Waals surface area contributed by atoms with E-state index in [0.29, 0.717) is 0 Å². The minimum absolute atomic E-state index is 0. The van der Waals surface area contributed by atoms with Crippen LogP contribution < -0.4 is 0 Å². The SMILES string of the molecule is O=P(O)(O)OP(=O)(O)O.[Fe].[NaH].[NaH].[NaH].[NaH]. The van der Waals surface area contributed by atoms with Gasteiger partial charge in [-0.2, -0.15) is 4.31 Å². The molecule has 14 heteroatoms. The molecule has 0 aliphatic heterocycles. The number of hydrogen-bond acceptors (Lipinski definition) is 3. The summed E-state index contributed by atoms with van der Waals surface area (Å²) in [6.45, 7) is 0. The molecule has 0 spiro atoms. The summed E-state index contributed by atoms with van der Waals surface area (Å²) < 4.78 is 22.2. The molecule has 0 saturated heterocycles. The first-order valence-electron chi connectivity index (χ1n) is 1.53. The van der Waals surface area contributed by atoms with E-state index in [1.54, 1.807) is 0 Å². The van der Waals surface area contributed by atoms with Gasteiger partial charge in [-0.1, -0.05) is 0 Å². The summed E-state index contributed by atoms with van der Waals surface area (Å²) in [4.78, 5) is 31.0. The Kier molecular flexibility index (Phi) is 41.1. The topological polar surface area (TPSA) is 124 Å². The third kappa shape index (κ3) is 36.0. The summed E-state index contributed by atoms with van der Waals surface area (Å²) in [5, 5.41) is 0. The number of phosphoric acid groups is 2. The Labute approximate surface area is 180 Å². The van der Waals surface area contributed by atoms with E-state index in [0.717, 1.165) is 0 Å². The summed E-state index contributed by atoms with van der Waals surface area (Å²) in [6, 6.07) is 0. The van der Waals surface area contributed by atoms with Crippen molar-refractivity contribution in [1.82, 2.24) is 0 Å². The first-order chi connectivity index (χ1) is 3.71. The van der Waals surface area contributed by atoms with Crippen molar-refractivity contribution in [3.05, 3.63) is 0 Å². The van der Waals surface area contributed by atoms with Gasteiger partial charge in [0.05, 0.1) is 0 Å². The second-order valence-electron chi connectivity index (χ2n) is 1.06. The molecular formula is H8FeNa4O7P2. The fourth-order valence-corrected chi connectivity index (χ4v) is 1.25. The minimum atomic E-state index is -5.05. The fourth-order valence-electron chi connectivity index (χ4n) is 0.139. The van der Waals surface area contributed by atoms with E-state index < -0.39 is 15.6 Å². The van der Waals surface area contributed by atoms with Crippen molar-refractivity contribution >= 4 is 134 Å². The molecule has 0 unspecified atom stereocenters. The summed E-state index contributed by atoms with van der Waals surface area (Å²) >= 11 is 0. The van der Waals surface area contributed by atoms with E-state index in [-0.39, 0.29) is 135 Å². The van der Waals surface area contributed by atoms with E-state index in [2.05, 4.69) is 4.31 Å². The Morgan fingerprint density at radius 3 is 0.857 bits per heavy atom. The normalized spacial score (nSPS) is 8.86. The summed E-state index contributed by atoms with van der Waals surface area (Å²) in [6.07, 6.45) is 0. The molecule has 0 atom stereocenters. The Bertz CT molecular complexity index is 164. The molecule has 0 aliphatic rings. The van der Waals surface area contributed by atoms with Gasteiger partial charge < -0.3 is 19.6 Å². The van der Waals surface area contributed by atoms with Crippen molar-refractivity contribution in [2.24, 2.45) is 0 Å². The van der Waals surface area contributed by atoms with Gasteiger partial charge in [0.15, 0.2) is 0 Å². The van der Waals surface area contributed by atoms with Gasteiger partial charge in [0.1, 0.15) is 0 Å². The molecule has 0 amide bonds. The van der Waals surface area contributed by atoms with Crippen molar-refractivity contribution < 1.29 is 50.1 Å². The third-order valence-corrected chi connectivity index (χ3v) is 1.91. The fraction of sp³-hybridized carbons (Fsp3) is 0. The van der Waals surface area contributed by atoms with Crippen molar-refractivity contribution in [3.63, 3.8) is 0 Å². The molecule has 0 rings (SSSR count). The van der Waals surface area contributed by atoms with Crippen LogP contribution in [0.1, 0.15) is 0 Å². The van der Waals surface area contributed by atoms with Gasteiger partial charge in [0, 0.05) is 17.1 Å². The molecular weight excluding hydrogens is 322 g/mol. The van der Waals surface area contributed by atoms with Crippen LogP contribution in [0.4, 0.5) is 0 Å². The van der Waals surface area contributed by atoms with Gasteiger partial charge in [-0.3, -0.25) is 0 Å². The maximum atomic E-state index is 9.63. The Balaban J connectivity index is -0.0000000320. The average Bonchev–Trinajstić information content (AvgIpc) is 1.14. The van der Waals surface area contributed by atoms with Crippen LogP contribution >= 0.6 is 15.6 Å². The van der Waals surface area contributed by atoms with Gasteiger partial charge in [-0.05, 0) is 0 Å². The van der Waals surface area contributed by atoms with E-state index in [1.807, 2.05) is 0 Å². The van der Waals surface area contributed by atoms with Crippen LogP contribution in [0, 0.1) is 0 Å². The van der Waals surface area contributed by atoms with Crippen molar-refractivity contribution in [2.45, 2.75) is 0 Å². The summed E-state index contributed by atoms with van der Waals surface area (Å²) in [5.74, 6) is 0. The summed E-state index contributed by atoms with van der Waals surface area (Å²) in [7, 11) is -10.1. The number of rotatable bonds is 2. The monoisotopic (exact) mass is 330 g/mol. The molecule has 0 heterocycles. The molecule has 4 N–H and O–H groups in total. The molecule has 7 nitrogen and oxygen atoms in total. The van der Waals surface area contributed by atoms with Crippen LogP contribution in [-0.2, 0) is 30.5 Å². The molecule has 0 bridgehead atoms. The standard InChI is InChI=1S/Fe.4Na.H4O7P2.4H/c;;;;;1-8(2,3)7-9(4,5)6;;;;/h;;;;;(H2,1,2,3)(H2,4,5,6);;;;. The Morgan fingerprint density at radius 1 is 0.714 bits per heavy atom. The van der Waals surface area contributed by atoms with Crippen molar-refractivity contribution in [1.29, 1.82) is 0 Å². The quantitative estimate of drug-likeness (QED) is 0.307. The zero-order chi connectivity index (χ0) is 7.71. The van der Waals surface area contributed by atoms with E-state index in [9.17, 15) is 9.13 Å². The zero-order valence-corrected chi connectivity index (χ0v) is 7.15. The average molecular weight is 330 g/mol. The Morgan fingerprint density at radius 2 is 0.857 bits per heavy atom. The van der Waals surface area contributed by atoms with Gasteiger partial charge in [-0.15, -0.1) is 0 Å². The second kappa shape index (κ2) is 15.8. The summed E-state index contributed by atoms with van der Waals surface area (Å²) in [5.41, 5.74) is 0. The second-order valence-corrected chi connectivity index (χ2v) is 3.68. The van der Waals surface area contributed by atoms with Crippen LogP contribution in [0.2, 0.25) is 0 Å². The molecule has 0 aromatic rings. The Hall–Kier alpha value is 4.78.